The molecule has 0 N–H and O–H groups in total. The van der Waals surface area contributed by atoms with Gasteiger partial charge in [-0.3, -0.25) is 0 Å². The highest BCUT2D eigenvalue weighted by Gasteiger charge is 2.44. The maximum atomic E-state index is 13.4. The van der Waals surface area contributed by atoms with Gasteiger partial charge in [0.05, 0.1) is 0 Å². The van der Waals surface area contributed by atoms with E-state index in [1.165, 1.54) is 72.8 Å². The molecule has 0 spiro atoms. The Morgan fingerprint density at radius 1 is 0.310 bits per heavy atom. The van der Waals surface area contributed by atoms with E-state index in [4.69, 9.17) is 42.1 Å². The minimum absolute atomic E-state index is 0.241. The third-order valence-corrected chi connectivity index (χ3v) is 13.6. The Hall–Kier alpha value is -8.91. The van der Waals surface area contributed by atoms with Crippen LogP contribution in [0.15, 0.2) is 237 Å². The van der Waals surface area contributed by atoms with Crippen LogP contribution < -0.4 is 53.2 Å². The minimum Gasteiger partial charge on any atom is -0.451 e. The number of ether oxygens (including phenoxy) is 6. The van der Waals surface area contributed by atoms with E-state index in [1.807, 2.05) is 42.5 Å². The Bertz CT molecular complexity index is 3530. The van der Waals surface area contributed by atoms with Gasteiger partial charge in [-0.1, -0.05) is 147 Å². The number of benzene rings is 9. The molecule has 9 aromatic carbocycles. The summed E-state index contributed by atoms with van der Waals surface area (Å²) < 4.78 is 172. The molecule has 1 aliphatic rings. The highest BCUT2D eigenvalue weighted by Crippen LogP contribution is 2.31. The highest BCUT2D eigenvalue weighted by atomic mass is 32.3. The van der Waals surface area contributed by atoms with Gasteiger partial charge in [0.2, 0.25) is 0 Å². The summed E-state index contributed by atoms with van der Waals surface area (Å²) >= 11 is 0. The molecule has 426 valence electrons. The average Bonchev–Trinajstić information content (AvgIpc) is 3.64. The Balaban J connectivity index is 0.895. The first-order valence-corrected chi connectivity index (χ1v) is 29.5. The Morgan fingerprint density at radius 2 is 0.536 bits per heavy atom. The molecular weight excluding hydrogens is 1150 g/mol. The highest BCUT2D eigenvalue weighted by molar-refractivity contribution is 7.85. The summed E-state index contributed by atoms with van der Waals surface area (Å²) in [7, 11) is -18.4. The van der Waals surface area contributed by atoms with Gasteiger partial charge >= 0.3 is 52.6 Å². The van der Waals surface area contributed by atoms with Crippen molar-refractivity contribution in [2.24, 2.45) is 0 Å². The predicted octanol–water partition coefficient (Wildman–Crippen LogP) is 9.69. The monoisotopic (exact) mass is 1200 g/mol. The topological polar surface area (TPSA) is 204 Å². The molecule has 1 saturated heterocycles. The van der Waals surface area contributed by atoms with Crippen molar-refractivity contribution in [2.75, 3.05) is 0 Å². The van der Waals surface area contributed by atoms with Crippen molar-refractivity contribution in [3.8, 4) is 46.0 Å². The van der Waals surface area contributed by atoms with Crippen LogP contribution >= 0.6 is 0 Å². The van der Waals surface area contributed by atoms with Gasteiger partial charge in [0.25, 0.3) is 18.9 Å². The van der Waals surface area contributed by atoms with Crippen molar-refractivity contribution in [1.82, 2.24) is 0 Å². The molecule has 0 saturated carbocycles. The predicted molar refractivity (Wildman–Crippen MR) is 304 cm³/mol. The maximum Gasteiger partial charge on any atom is 0.488 e. The van der Waals surface area contributed by atoms with E-state index in [0.717, 1.165) is 0 Å². The Morgan fingerprint density at radius 3 is 0.774 bits per heavy atom. The Kier molecular flexibility index (Phi) is 18.1. The molecule has 84 heavy (non-hydrogen) atoms. The summed E-state index contributed by atoms with van der Waals surface area (Å²) in [4.78, 5) is 0. The second-order valence-electron chi connectivity index (χ2n) is 18.3. The van der Waals surface area contributed by atoms with Crippen LogP contribution in [-0.2, 0) is 50.7 Å². The van der Waals surface area contributed by atoms with Gasteiger partial charge in [0.1, 0.15) is 51.7 Å². The van der Waals surface area contributed by atoms with Gasteiger partial charge in [-0.2, -0.15) is 25.3 Å². The van der Waals surface area contributed by atoms with Crippen LogP contribution in [0.25, 0.3) is 0 Å². The summed E-state index contributed by atoms with van der Waals surface area (Å²) in [5.74, 6) is 0.711. The fraction of sp³-hybridized carbons (Fsp3) is 0.0690. The summed E-state index contributed by atoms with van der Waals surface area (Å²) in [6, 6.07) is 64.3. The first-order chi connectivity index (χ1) is 40.4. The average molecular weight is 1200 g/mol. The van der Waals surface area contributed by atoms with Crippen LogP contribution in [0.5, 0.6) is 46.0 Å². The molecule has 9 aromatic rings. The molecule has 3 atom stereocenters. The van der Waals surface area contributed by atoms with Crippen molar-refractivity contribution >= 4 is 69.0 Å². The normalized spacial score (nSPS) is 13.9. The number of halogens is 3. The largest absolute Gasteiger partial charge is 0.488 e. The quantitative estimate of drug-likeness (QED) is 0.0314. The molecule has 0 bridgehead atoms. The molecule has 0 amide bonds. The summed E-state index contributed by atoms with van der Waals surface area (Å²) in [5.41, 5.74) is 3.86. The second kappa shape index (κ2) is 26.1. The SMILES string of the molecule is O=S(=O)(F)Cc1ccc(OC(Oc2ccc(B3OB(c4ccc(OC(Oc5ccc(OS(=O)(=O)F)cc5)c5ccccc5)cc4)OB(c4ccc(OC(Oc5ccc(OS(=O)(=O)F)cc5)c5ccccc5)cc4)O3)cc2)c2ccccc2)cc1. The van der Waals surface area contributed by atoms with Crippen LogP contribution in [0.2, 0.25) is 0 Å². The zero-order chi connectivity index (χ0) is 58.7. The Labute approximate surface area is 483 Å². The molecule has 0 radical (unpaired) electrons. The van der Waals surface area contributed by atoms with E-state index in [1.54, 1.807) is 121 Å². The fourth-order valence-electron chi connectivity index (χ4n) is 8.31. The van der Waals surface area contributed by atoms with Crippen LogP contribution in [0.3, 0.4) is 0 Å². The number of rotatable bonds is 24. The van der Waals surface area contributed by atoms with E-state index >= 15 is 0 Å². The molecule has 1 heterocycles. The lowest BCUT2D eigenvalue weighted by Gasteiger charge is -2.32. The van der Waals surface area contributed by atoms with Crippen LogP contribution in [0, 0.1) is 0 Å². The van der Waals surface area contributed by atoms with E-state index < -0.39 is 77.2 Å². The van der Waals surface area contributed by atoms with E-state index in [-0.39, 0.29) is 28.6 Å². The van der Waals surface area contributed by atoms with Gasteiger partial charge in [0, 0.05) is 16.7 Å². The fourth-order valence-corrected chi connectivity index (χ4v) is 9.58. The first kappa shape index (κ1) is 58.3. The number of hydrogen-bond donors (Lipinski definition) is 0. The van der Waals surface area contributed by atoms with Gasteiger partial charge in [-0.05, 0) is 119 Å². The molecule has 3 unspecified atom stereocenters. The van der Waals surface area contributed by atoms with Crippen molar-refractivity contribution in [2.45, 2.75) is 24.6 Å². The smallest absolute Gasteiger partial charge is 0.451 e. The van der Waals surface area contributed by atoms with Gasteiger partial charge < -0.3 is 50.5 Å². The molecule has 17 nitrogen and oxygen atoms in total. The lowest BCUT2D eigenvalue weighted by atomic mass is 9.61. The molecule has 0 aromatic heterocycles. The zero-order valence-electron chi connectivity index (χ0n) is 43.5. The van der Waals surface area contributed by atoms with Gasteiger partial charge in [-0.25, -0.2) is 0 Å². The standard InChI is InChI=1S/C58H44B3F3O17S3/c62-82(65,66)40-41-16-24-48(25-17-41)71-56(42-10-4-1-5-11-42)72-49-26-18-45(19-27-49)59-79-60(46-20-28-50(29-21-46)73-57(43-12-6-2-7-13-43)75-52-32-36-54(37-33-52)77-83(63,67)68)81-61(80-59)47-22-30-51(31-23-47)74-58(44-14-8-3-9-15-44)76-53-34-38-55(39-35-53)78-84(64,69)70/h1-39,56-58H,40H2. The molecule has 10 rings (SSSR count). The van der Waals surface area contributed by atoms with Crippen LogP contribution in [-0.4, -0.2) is 46.6 Å². The van der Waals surface area contributed by atoms with Crippen LogP contribution in [0.1, 0.15) is 41.1 Å². The van der Waals surface area contributed by atoms with Crippen LogP contribution in [0.4, 0.5) is 11.7 Å². The third kappa shape index (κ3) is 16.9. The molecule has 26 heteroatoms. The maximum absolute atomic E-state index is 13.4. The van der Waals surface area contributed by atoms with Crippen molar-refractivity contribution < 1.29 is 87.4 Å². The van der Waals surface area contributed by atoms with E-state index in [0.29, 0.717) is 56.1 Å². The zero-order valence-corrected chi connectivity index (χ0v) is 45.9. The summed E-state index contributed by atoms with van der Waals surface area (Å²) in [6.07, 6.45) is -3.00. The number of hydrogen-bond acceptors (Lipinski definition) is 17. The van der Waals surface area contributed by atoms with Gasteiger partial charge in [0.15, 0.2) is 0 Å². The summed E-state index contributed by atoms with van der Waals surface area (Å²) in [6.45, 7) is 0. The lowest BCUT2D eigenvalue weighted by Crippen LogP contribution is -2.61. The van der Waals surface area contributed by atoms with Crippen molar-refractivity contribution in [3.63, 3.8) is 0 Å². The minimum atomic E-state index is -5.24. The van der Waals surface area contributed by atoms with E-state index in [2.05, 4.69) is 8.37 Å². The first-order valence-electron chi connectivity index (χ1n) is 25.3. The third-order valence-electron chi connectivity index (χ3n) is 12.2. The summed E-state index contributed by atoms with van der Waals surface area (Å²) in [5, 5.41) is 0. The molecule has 1 aliphatic heterocycles. The molecule has 0 aliphatic carbocycles. The van der Waals surface area contributed by atoms with Gasteiger partial charge in [-0.15, -0.1) is 3.89 Å². The van der Waals surface area contributed by atoms with Crippen molar-refractivity contribution in [3.05, 3.63) is 259 Å². The van der Waals surface area contributed by atoms with Crippen molar-refractivity contribution in [1.29, 1.82) is 0 Å². The second-order valence-corrected chi connectivity index (χ2v) is 21.5. The van der Waals surface area contributed by atoms with E-state index in [9.17, 15) is 36.9 Å². The lowest BCUT2D eigenvalue weighted by molar-refractivity contribution is 0.00353. The molecule has 1 fully saturated rings. The molecular formula is C58H44B3F3O17S3.